The van der Waals surface area contributed by atoms with E-state index in [1.54, 1.807) is 25.1 Å². The summed E-state index contributed by atoms with van der Waals surface area (Å²) in [6.45, 7) is 3.30. The van der Waals surface area contributed by atoms with Crippen LogP contribution in [0.4, 0.5) is 0 Å². The molecule has 0 radical (unpaired) electrons. The number of hydrogen-bond acceptors (Lipinski definition) is 3. The summed E-state index contributed by atoms with van der Waals surface area (Å²) in [6.07, 6.45) is 4.76. The molecule has 26 heavy (non-hydrogen) atoms. The molecular formula is C20H22N4O2. The van der Waals surface area contributed by atoms with Crippen LogP contribution in [0.15, 0.2) is 24.3 Å². The second kappa shape index (κ2) is 6.17. The van der Waals surface area contributed by atoms with Crippen LogP contribution in [0.5, 0.6) is 0 Å². The average molecular weight is 350 g/mol. The highest BCUT2D eigenvalue weighted by atomic mass is 16.2. The molecular weight excluding hydrogens is 328 g/mol. The predicted octanol–water partition coefficient (Wildman–Crippen LogP) is 2.56. The Balaban J connectivity index is 1.42. The zero-order chi connectivity index (χ0) is 18.3. The lowest BCUT2D eigenvalue weighted by molar-refractivity contribution is -0.134. The van der Waals surface area contributed by atoms with E-state index in [1.165, 1.54) is 12.8 Å². The number of hydrogen-bond donors (Lipinski definition) is 2. The highest BCUT2D eigenvalue weighted by molar-refractivity contribution is 6.01. The number of nitriles is 1. The molecule has 1 saturated heterocycles. The van der Waals surface area contributed by atoms with Crippen molar-refractivity contribution in [3.63, 3.8) is 0 Å². The number of aromatic nitrogens is 1. The number of H-pyrrole nitrogens is 1. The molecule has 1 spiro atoms. The zero-order valence-corrected chi connectivity index (χ0v) is 14.8. The smallest absolute Gasteiger partial charge is 0.268 e. The molecule has 1 aliphatic heterocycles. The van der Waals surface area contributed by atoms with Crippen LogP contribution in [0, 0.1) is 16.7 Å². The maximum atomic E-state index is 12.6. The Morgan fingerprint density at radius 1 is 1.27 bits per heavy atom. The van der Waals surface area contributed by atoms with Crippen molar-refractivity contribution in [2.24, 2.45) is 5.41 Å². The van der Waals surface area contributed by atoms with Crippen molar-refractivity contribution >= 4 is 22.7 Å². The fourth-order valence-corrected chi connectivity index (χ4v) is 3.86. The Labute approximate surface area is 152 Å². The summed E-state index contributed by atoms with van der Waals surface area (Å²) in [5.74, 6) is -0.357. The van der Waals surface area contributed by atoms with E-state index in [0.29, 0.717) is 22.1 Å². The van der Waals surface area contributed by atoms with Gasteiger partial charge >= 0.3 is 0 Å². The number of carbonyl (C=O) groups excluding carboxylic acids is 2. The molecule has 2 N–H and O–H groups in total. The van der Waals surface area contributed by atoms with Crippen LogP contribution in [0.3, 0.4) is 0 Å². The fourth-order valence-electron chi connectivity index (χ4n) is 3.86. The Hall–Kier alpha value is -2.81. The van der Waals surface area contributed by atoms with Gasteiger partial charge in [-0.1, -0.05) is 6.07 Å². The Bertz CT molecular complexity index is 910. The van der Waals surface area contributed by atoms with Crippen LogP contribution in [-0.2, 0) is 4.79 Å². The van der Waals surface area contributed by atoms with Gasteiger partial charge in [0.1, 0.15) is 11.7 Å². The molecule has 2 heterocycles. The molecule has 2 aromatic rings. The van der Waals surface area contributed by atoms with E-state index in [2.05, 4.69) is 16.4 Å². The number of likely N-dealkylation sites (tertiary alicyclic amines) is 1. The normalized spacial score (nSPS) is 19.2. The molecule has 6 heteroatoms. The van der Waals surface area contributed by atoms with Gasteiger partial charge in [-0.3, -0.25) is 9.59 Å². The van der Waals surface area contributed by atoms with Gasteiger partial charge in [0.2, 0.25) is 5.91 Å². The number of amides is 2. The standard InChI is InChI=1S/C20H22N4O2/c1-13(19(26)24-9-7-20(5-6-20)8-10-24)22-18(25)17-11-15-14(12-21)3-2-4-16(15)23-17/h2-4,11,13,23H,5-10H2,1H3,(H,22,25)/t13-/m1/s1. The van der Waals surface area contributed by atoms with E-state index in [-0.39, 0.29) is 11.8 Å². The minimum absolute atomic E-state index is 0.0253. The van der Waals surface area contributed by atoms with Crippen LogP contribution < -0.4 is 5.32 Å². The molecule has 0 bridgehead atoms. The molecule has 134 valence electrons. The van der Waals surface area contributed by atoms with Crippen LogP contribution in [0.1, 0.15) is 48.7 Å². The lowest BCUT2D eigenvalue weighted by Crippen LogP contribution is -2.49. The summed E-state index contributed by atoms with van der Waals surface area (Å²) >= 11 is 0. The molecule has 0 unspecified atom stereocenters. The first-order chi connectivity index (χ1) is 12.5. The van der Waals surface area contributed by atoms with E-state index in [0.717, 1.165) is 31.4 Å². The SMILES string of the molecule is C[C@@H](NC(=O)c1cc2c(C#N)cccc2[nH]1)C(=O)N1CCC2(CC1)CC2. The van der Waals surface area contributed by atoms with Crippen molar-refractivity contribution in [2.45, 2.75) is 38.6 Å². The molecule has 1 aromatic carbocycles. The second-order valence-corrected chi connectivity index (χ2v) is 7.58. The van der Waals surface area contributed by atoms with Gasteiger partial charge in [-0.05, 0) is 56.2 Å². The molecule has 2 aliphatic rings. The maximum absolute atomic E-state index is 12.6. The summed E-state index contributed by atoms with van der Waals surface area (Å²) in [5.41, 5.74) is 2.13. The highest BCUT2D eigenvalue weighted by Gasteiger charge is 2.45. The summed E-state index contributed by atoms with van der Waals surface area (Å²) in [4.78, 5) is 30.0. The molecule has 1 atom stereocenters. The van der Waals surface area contributed by atoms with Crippen LogP contribution in [-0.4, -0.2) is 40.8 Å². The van der Waals surface area contributed by atoms with Gasteiger partial charge in [0.15, 0.2) is 0 Å². The number of carbonyl (C=O) groups is 2. The first-order valence-corrected chi connectivity index (χ1v) is 9.13. The highest BCUT2D eigenvalue weighted by Crippen LogP contribution is 2.53. The van der Waals surface area contributed by atoms with Crippen molar-refractivity contribution in [1.29, 1.82) is 5.26 Å². The third-order valence-electron chi connectivity index (χ3n) is 5.84. The Kier molecular flexibility index (Phi) is 3.95. The van der Waals surface area contributed by atoms with Crippen LogP contribution in [0.25, 0.3) is 10.9 Å². The summed E-state index contributed by atoms with van der Waals surface area (Å²) in [5, 5.41) is 12.7. The molecule has 1 saturated carbocycles. The molecule has 4 rings (SSSR count). The van der Waals surface area contributed by atoms with E-state index in [1.807, 2.05) is 11.0 Å². The zero-order valence-electron chi connectivity index (χ0n) is 14.8. The minimum Gasteiger partial charge on any atom is -0.350 e. The first kappa shape index (κ1) is 16.6. The number of rotatable bonds is 3. The lowest BCUT2D eigenvalue weighted by atomic mass is 9.93. The Morgan fingerprint density at radius 3 is 2.65 bits per heavy atom. The summed E-state index contributed by atoms with van der Waals surface area (Å²) in [7, 11) is 0. The van der Waals surface area contributed by atoms with Crippen molar-refractivity contribution in [2.75, 3.05) is 13.1 Å². The molecule has 1 aliphatic carbocycles. The molecule has 1 aromatic heterocycles. The number of fused-ring (bicyclic) bond motifs is 1. The summed E-state index contributed by atoms with van der Waals surface area (Å²) < 4.78 is 0. The van der Waals surface area contributed by atoms with Crippen molar-refractivity contribution in [1.82, 2.24) is 15.2 Å². The minimum atomic E-state index is -0.572. The number of nitrogens with one attached hydrogen (secondary N) is 2. The van der Waals surface area contributed by atoms with Gasteiger partial charge in [-0.25, -0.2) is 0 Å². The number of nitrogens with zero attached hydrogens (tertiary/aromatic N) is 2. The largest absolute Gasteiger partial charge is 0.350 e. The number of piperidine rings is 1. The lowest BCUT2D eigenvalue weighted by Gasteiger charge is -2.33. The summed E-state index contributed by atoms with van der Waals surface area (Å²) in [6, 6.07) is 8.53. The number of aromatic amines is 1. The van der Waals surface area contributed by atoms with Gasteiger partial charge in [0.05, 0.1) is 11.6 Å². The van der Waals surface area contributed by atoms with Gasteiger partial charge < -0.3 is 15.2 Å². The topological polar surface area (TPSA) is 89.0 Å². The van der Waals surface area contributed by atoms with Crippen LogP contribution >= 0.6 is 0 Å². The first-order valence-electron chi connectivity index (χ1n) is 9.13. The second-order valence-electron chi connectivity index (χ2n) is 7.58. The van der Waals surface area contributed by atoms with E-state index in [4.69, 9.17) is 0 Å². The Morgan fingerprint density at radius 2 is 2.00 bits per heavy atom. The third-order valence-corrected chi connectivity index (χ3v) is 5.84. The monoisotopic (exact) mass is 350 g/mol. The van der Waals surface area contributed by atoms with Gasteiger partial charge in [-0.2, -0.15) is 5.26 Å². The van der Waals surface area contributed by atoms with Gasteiger partial charge in [-0.15, -0.1) is 0 Å². The molecule has 2 fully saturated rings. The van der Waals surface area contributed by atoms with Gasteiger partial charge in [0, 0.05) is 24.0 Å². The fraction of sp³-hybridized carbons (Fsp3) is 0.450. The van der Waals surface area contributed by atoms with Gasteiger partial charge in [0.25, 0.3) is 5.91 Å². The average Bonchev–Trinajstić information content (AvgIpc) is 3.25. The van der Waals surface area contributed by atoms with E-state index < -0.39 is 6.04 Å². The van der Waals surface area contributed by atoms with E-state index in [9.17, 15) is 14.9 Å². The van der Waals surface area contributed by atoms with Crippen molar-refractivity contribution in [3.8, 4) is 6.07 Å². The molecule has 2 amide bonds. The van der Waals surface area contributed by atoms with E-state index >= 15 is 0 Å². The van der Waals surface area contributed by atoms with Crippen LogP contribution in [0.2, 0.25) is 0 Å². The quantitative estimate of drug-likeness (QED) is 0.891. The third kappa shape index (κ3) is 2.94. The van der Waals surface area contributed by atoms with Crippen molar-refractivity contribution < 1.29 is 9.59 Å². The predicted molar refractivity (Wildman–Crippen MR) is 97.4 cm³/mol. The maximum Gasteiger partial charge on any atom is 0.268 e. The molecule has 6 nitrogen and oxygen atoms in total. The van der Waals surface area contributed by atoms with Crippen molar-refractivity contribution in [3.05, 3.63) is 35.5 Å². The number of benzene rings is 1.